The second-order valence-electron chi connectivity index (χ2n) is 4.12. The number of aliphatic hydroxyl groups excluding tert-OH is 1. The average Bonchev–Trinajstić information content (AvgIpc) is 2.41. The topological polar surface area (TPSA) is 66.4 Å². The zero-order chi connectivity index (χ0) is 15.6. The molecule has 2 aromatic rings. The van der Waals surface area contributed by atoms with Gasteiger partial charge in [0.1, 0.15) is 10.7 Å². The number of anilines is 1. The predicted octanol–water partition coefficient (Wildman–Crippen LogP) is 3.43. The summed E-state index contributed by atoms with van der Waals surface area (Å²) in [7, 11) is -4.11. The summed E-state index contributed by atoms with van der Waals surface area (Å²) in [5.41, 5.74) is 0.00374. The van der Waals surface area contributed by atoms with Gasteiger partial charge in [-0.2, -0.15) is 0 Å². The average molecular weight is 350 g/mol. The zero-order valence-electron chi connectivity index (χ0n) is 10.5. The molecule has 2 N–H and O–H groups in total. The summed E-state index contributed by atoms with van der Waals surface area (Å²) in [4.78, 5) is -0.291. The van der Waals surface area contributed by atoms with Crippen molar-refractivity contribution in [1.29, 1.82) is 0 Å². The highest BCUT2D eigenvalue weighted by molar-refractivity contribution is 7.92. The summed E-state index contributed by atoms with van der Waals surface area (Å²) in [6, 6.07) is 7.69. The molecule has 0 atom stereocenters. The Hall–Kier alpha value is -1.34. The SMILES string of the molecule is O=S(=O)(Nc1ccccc1F)c1cc(CO)c(Cl)cc1Cl. The number of halogens is 3. The molecule has 0 fully saturated rings. The van der Waals surface area contributed by atoms with Gasteiger partial charge in [-0.25, -0.2) is 12.8 Å². The highest BCUT2D eigenvalue weighted by Gasteiger charge is 2.21. The Balaban J connectivity index is 2.47. The minimum atomic E-state index is -4.11. The van der Waals surface area contributed by atoms with E-state index in [1.54, 1.807) is 0 Å². The second-order valence-corrected chi connectivity index (χ2v) is 6.58. The molecular formula is C13H10Cl2FNO3S. The van der Waals surface area contributed by atoms with Crippen molar-refractivity contribution in [2.24, 2.45) is 0 Å². The fourth-order valence-electron chi connectivity index (χ4n) is 1.64. The summed E-state index contributed by atoms with van der Waals surface area (Å²) < 4.78 is 40.2. The van der Waals surface area contributed by atoms with Crippen LogP contribution in [0.3, 0.4) is 0 Å². The largest absolute Gasteiger partial charge is 0.392 e. The Morgan fingerprint density at radius 1 is 1.14 bits per heavy atom. The van der Waals surface area contributed by atoms with Gasteiger partial charge < -0.3 is 5.11 Å². The van der Waals surface area contributed by atoms with Gasteiger partial charge in [0, 0.05) is 5.02 Å². The van der Waals surface area contributed by atoms with Crippen LogP contribution in [0.1, 0.15) is 5.56 Å². The smallest absolute Gasteiger partial charge is 0.263 e. The molecular weight excluding hydrogens is 340 g/mol. The molecule has 0 heterocycles. The van der Waals surface area contributed by atoms with Gasteiger partial charge in [-0.15, -0.1) is 0 Å². The van der Waals surface area contributed by atoms with E-state index in [0.717, 1.165) is 12.1 Å². The van der Waals surface area contributed by atoms with Crippen molar-refractivity contribution in [3.05, 3.63) is 57.8 Å². The number of aliphatic hydroxyl groups is 1. The maximum atomic E-state index is 13.5. The van der Waals surface area contributed by atoms with Crippen molar-refractivity contribution >= 4 is 38.9 Å². The molecule has 0 unspecified atom stereocenters. The number of benzene rings is 2. The molecule has 0 aliphatic rings. The fraction of sp³-hybridized carbons (Fsp3) is 0.0769. The van der Waals surface area contributed by atoms with Gasteiger partial charge in [0.25, 0.3) is 10.0 Å². The van der Waals surface area contributed by atoms with Gasteiger partial charge >= 0.3 is 0 Å². The third kappa shape index (κ3) is 3.47. The van der Waals surface area contributed by atoms with Gasteiger partial charge in [0.2, 0.25) is 0 Å². The predicted molar refractivity (Wildman–Crippen MR) is 79.6 cm³/mol. The maximum absolute atomic E-state index is 13.5. The third-order valence-electron chi connectivity index (χ3n) is 2.68. The van der Waals surface area contributed by atoms with Crippen LogP contribution in [0, 0.1) is 5.82 Å². The highest BCUT2D eigenvalue weighted by Crippen LogP contribution is 2.30. The van der Waals surface area contributed by atoms with Crippen molar-refractivity contribution in [1.82, 2.24) is 0 Å². The number of para-hydroxylation sites is 1. The molecule has 112 valence electrons. The van der Waals surface area contributed by atoms with Crippen LogP contribution in [-0.4, -0.2) is 13.5 Å². The third-order valence-corrected chi connectivity index (χ3v) is 4.86. The number of rotatable bonds is 4. The summed E-state index contributed by atoms with van der Waals surface area (Å²) in [6.45, 7) is -0.446. The minimum Gasteiger partial charge on any atom is -0.392 e. The lowest BCUT2D eigenvalue weighted by molar-refractivity contribution is 0.281. The van der Waals surface area contributed by atoms with Crippen molar-refractivity contribution in [3.63, 3.8) is 0 Å². The van der Waals surface area contributed by atoms with Crippen LogP contribution in [0.4, 0.5) is 10.1 Å². The summed E-state index contributed by atoms with van der Waals surface area (Å²) in [6.07, 6.45) is 0. The Kier molecular flexibility index (Phi) is 4.73. The Morgan fingerprint density at radius 2 is 1.81 bits per heavy atom. The van der Waals surface area contributed by atoms with Crippen LogP contribution in [0.15, 0.2) is 41.3 Å². The number of sulfonamides is 1. The molecule has 4 nitrogen and oxygen atoms in total. The first-order chi connectivity index (χ1) is 9.85. The van der Waals surface area contributed by atoms with Gasteiger partial charge in [-0.05, 0) is 29.8 Å². The lowest BCUT2D eigenvalue weighted by Crippen LogP contribution is -2.15. The van der Waals surface area contributed by atoms with Crippen LogP contribution in [0.25, 0.3) is 0 Å². The monoisotopic (exact) mass is 349 g/mol. The first-order valence-corrected chi connectivity index (χ1v) is 7.95. The molecule has 2 rings (SSSR count). The van der Waals surface area contributed by atoms with Gasteiger partial charge in [-0.3, -0.25) is 4.72 Å². The molecule has 0 amide bonds. The number of hydrogen-bond donors (Lipinski definition) is 2. The molecule has 0 aromatic heterocycles. The van der Waals surface area contributed by atoms with E-state index in [9.17, 15) is 12.8 Å². The van der Waals surface area contributed by atoms with Crippen molar-refractivity contribution < 1.29 is 17.9 Å². The summed E-state index contributed by atoms with van der Waals surface area (Å²) in [5, 5.41) is 9.15. The lowest BCUT2D eigenvalue weighted by atomic mass is 10.2. The first-order valence-electron chi connectivity index (χ1n) is 5.71. The van der Waals surface area contributed by atoms with Crippen LogP contribution in [0.2, 0.25) is 10.0 Å². The number of nitrogens with one attached hydrogen (secondary N) is 1. The molecule has 0 spiro atoms. The van der Waals surface area contributed by atoms with Gasteiger partial charge in [0.15, 0.2) is 0 Å². The molecule has 2 aromatic carbocycles. The van der Waals surface area contributed by atoms with Gasteiger partial charge in [0.05, 0.1) is 17.3 Å². The van der Waals surface area contributed by atoms with E-state index in [4.69, 9.17) is 28.3 Å². The first kappa shape index (κ1) is 16.0. The Bertz CT molecular complexity index is 781. The summed E-state index contributed by atoms with van der Waals surface area (Å²) in [5.74, 6) is -0.714. The molecule has 8 heteroatoms. The Morgan fingerprint density at radius 3 is 2.43 bits per heavy atom. The molecule has 0 saturated carbocycles. The molecule has 0 aliphatic heterocycles. The molecule has 0 aliphatic carbocycles. The lowest BCUT2D eigenvalue weighted by Gasteiger charge is -2.12. The quantitative estimate of drug-likeness (QED) is 0.888. The van der Waals surface area contributed by atoms with Crippen LogP contribution in [0.5, 0.6) is 0 Å². The van der Waals surface area contributed by atoms with E-state index in [-0.39, 0.29) is 26.2 Å². The zero-order valence-corrected chi connectivity index (χ0v) is 12.8. The Labute approximate surface area is 131 Å². The molecule has 0 bridgehead atoms. The fourth-order valence-corrected chi connectivity index (χ4v) is 3.57. The highest BCUT2D eigenvalue weighted by atomic mass is 35.5. The van der Waals surface area contributed by atoms with Crippen LogP contribution >= 0.6 is 23.2 Å². The summed E-state index contributed by atoms with van der Waals surface area (Å²) >= 11 is 11.7. The van der Waals surface area contributed by atoms with Crippen LogP contribution < -0.4 is 4.72 Å². The molecule has 0 saturated heterocycles. The number of hydrogen-bond acceptors (Lipinski definition) is 3. The standard InChI is InChI=1S/C13H10Cl2FNO3S/c14-9-6-10(15)13(5-8(9)7-18)21(19,20)17-12-4-2-1-3-11(12)16/h1-6,17-18H,7H2. The van der Waals surface area contributed by atoms with E-state index in [2.05, 4.69) is 4.72 Å². The molecule has 21 heavy (non-hydrogen) atoms. The van der Waals surface area contributed by atoms with Crippen molar-refractivity contribution in [3.8, 4) is 0 Å². The van der Waals surface area contributed by atoms with Crippen LogP contribution in [-0.2, 0) is 16.6 Å². The van der Waals surface area contributed by atoms with Gasteiger partial charge in [-0.1, -0.05) is 35.3 Å². The van der Waals surface area contributed by atoms with E-state index in [1.165, 1.54) is 24.3 Å². The minimum absolute atomic E-state index is 0.124. The van der Waals surface area contributed by atoms with E-state index >= 15 is 0 Å². The normalized spacial score (nSPS) is 11.4. The molecule has 0 radical (unpaired) electrons. The van der Waals surface area contributed by atoms with E-state index in [1.807, 2.05) is 0 Å². The van der Waals surface area contributed by atoms with Crippen molar-refractivity contribution in [2.75, 3.05) is 4.72 Å². The maximum Gasteiger partial charge on any atom is 0.263 e. The van der Waals surface area contributed by atoms with E-state index < -0.39 is 22.4 Å². The van der Waals surface area contributed by atoms with Crippen molar-refractivity contribution in [2.45, 2.75) is 11.5 Å². The second kappa shape index (κ2) is 6.19. The van der Waals surface area contributed by atoms with E-state index in [0.29, 0.717) is 0 Å².